The quantitative estimate of drug-likeness (QED) is 0.752. The van der Waals surface area contributed by atoms with Gasteiger partial charge in [0.15, 0.2) is 0 Å². The zero-order valence-corrected chi connectivity index (χ0v) is 10.2. The summed E-state index contributed by atoms with van der Waals surface area (Å²) in [7, 11) is 0. The van der Waals surface area contributed by atoms with Gasteiger partial charge in [-0.1, -0.05) is 12.1 Å². The number of pyridine rings is 1. The van der Waals surface area contributed by atoms with Gasteiger partial charge in [-0.25, -0.2) is 0 Å². The van der Waals surface area contributed by atoms with Crippen molar-refractivity contribution in [1.82, 2.24) is 15.2 Å². The number of nitrogens with one attached hydrogen (secondary N) is 1. The lowest BCUT2D eigenvalue weighted by molar-refractivity contribution is 0.475. The van der Waals surface area contributed by atoms with Crippen LogP contribution in [0.1, 0.15) is 11.3 Å². The van der Waals surface area contributed by atoms with Gasteiger partial charge in [0.1, 0.15) is 5.75 Å². The second kappa shape index (κ2) is 4.94. The Hall–Kier alpha value is -2.62. The molecule has 0 radical (unpaired) electrons. The molecule has 0 aliphatic rings. The van der Waals surface area contributed by atoms with Crippen LogP contribution in [0.5, 0.6) is 5.75 Å². The van der Waals surface area contributed by atoms with E-state index >= 15 is 0 Å². The summed E-state index contributed by atoms with van der Waals surface area (Å²) in [5.41, 5.74) is 4.12. The molecule has 2 N–H and O–H groups in total. The van der Waals surface area contributed by atoms with Crippen LogP contribution in [0.4, 0.5) is 0 Å². The van der Waals surface area contributed by atoms with Crippen LogP contribution in [0.2, 0.25) is 0 Å². The number of aromatic nitrogens is 3. The Labute approximate surface area is 110 Å². The number of hydrogen-bond donors (Lipinski definition) is 2. The fourth-order valence-corrected chi connectivity index (χ4v) is 1.96. The van der Waals surface area contributed by atoms with E-state index in [4.69, 9.17) is 0 Å². The number of hydrogen-bond acceptors (Lipinski definition) is 3. The summed E-state index contributed by atoms with van der Waals surface area (Å²) in [6.45, 7) is 0. The van der Waals surface area contributed by atoms with E-state index < -0.39 is 0 Å². The topological polar surface area (TPSA) is 61.8 Å². The maximum absolute atomic E-state index is 9.25. The molecule has 1 aromatic carbocycles. The van der Waals surface area contributed by atoms with Crippen LogP contribution in [-0.2, 0) is 6.42 Å². The molecule has 19 heavy (non-hydrogen) atoms. The molecule has 0 saturated heterocycles. The molecule has 2 heterocycles. The average Bonchev–Trinajstić information content (AvgIpc) is 2.91. The number of rotatable bonds is 3. The molecule has 94 valence electrons. The molecule has 3 rings (SSSR count). The molecule has 0 amide bonds. The molecule has 0 spiro atoms. The van der Waals surface area contributed by atoms with Gasteiger partial charge in [0.2, 0.25) is 0 Å². The monoisotopic (exact) mass is 251 g/mol. The number of aromatic amines is 1. The van der Waals surface area contributed by atoms with Crippen molar-refractivity contribution in [3.05, 3.63) is 66.1 Å². The van der Waals surface area contributed by atoms with Crippen molar-refractivity contribution in [2.24, 2.45) is 0 Å². The van der Waals surface area contributed by atoms with Gasteiger partial charge < -0.3 is 5.11 Å². The van der Waals surface area contributed by atoms with Gasteiger partial charge in [-0.2, -0.15) is 5.10 Å². The Morgan fingerprint density at radius 2 is 1.74 bits per heavy atom. The Morgan fingerprint density at radius 1 is 1.00 bits per heavy atom. The lowest BCUT2D eigenvalue weighted by Gasteiger charge is -1.98. The third kappa shape index (κ3) is 2.63. The van der Waals surface area contributed by atoms with Gasteiger partial charge in [-0.3, -0.25) is 10.1 Å². The molecule has 2 aromatic heterocycles. The molecular formula is C15H13N3O. The fraction of sp³-hybridized carbons (Fsp3) is 0.0667. The summed E-state index contributed by atoms with van der Waals surface area (Å²) in [6.07, 6.45) is 4.27. The number of phenols is 1. The van der Waals surface area contributed by atoms with Crippen LogP contribution < -0.4 is 0 Å². The van der Waals surface area contributed by atoms with Crippen LogP contribution >= 0.6 is 0 Å². The van der Waals surface area contributed by atoms with E-state index in [9.17, 15) is 5.11 Å². The van der Waals surface area contributed by atoms with E-state index in [2.05, 4.69) is 15.2 Å². The first kappa shape index (κ1) is 11.5. The van der Waals surface area contributed by atoms with Gasteiger partial charge in [0, 0.05) is 30.1 Å². The largest absolute Gasteiger partial charge is 0.508 e. The van der Waals surface area contributed by atoms with E-state index in [1.54, 1.807) is 24.5 Å². The van der Waals surface area contributed by atoms with Crippen molar-refractivity contribution in [1.29, 1.82) is 0 Å². The van der Waals surface area contributed by atoms with Crippen LogP contribution in [0, 0.1) is 0 Å². The zero-order valence-electron chi connectivity index (χ0n) is 10.2. The van der Waals surface area contributed by atoms with E-state index in [0.29, 0.717) is 0 Å². The molecule has 0 aliphatic heterocycles. The van der Waals surface area contributed by atoms with Gasteiger partial charge in [0.25, 0.3) is 0 Å². The zero-order chi connectivity index (χ0) is 13.1. The summed E-state index contributed by atoms with van der Waals surface area (Å²) < 4.78 is 0. The number of aromatic hydroxyl groups is 1. The third-order valence-electron chi connectivity index (χ3n) is 2.94. The van der Waals surface area contributed by atoms with Crippen molar-refractivity contribution in [2.75, 3.05) is 0 Å². The first-order chi connectivity index (χ1) is 9.31. The predicted octanol–water partition coefficient (Wildman–Crippen LogP) is 2.77. The maximum Gasteiger partial charge on any atom is 0.115 e. The highest BCUT2D eigenvalue weighted by Gasteiger charge is 2.04. The maximum atomic E-state index is 9.25. The summed E-state index contributed by atoms with van der Waals surface area (Å²) >= 11 is 0. The predicted molar refractivity (Wildman–Crippen MR) is 72.7 cm³/mol. The molecular weight excluding hydrogens is 238 g/mol. The highest BCUT2D eigenvalue weighted by molar-refractivity contribution is 5.58. The first-order valence-electron chi connectivity index (χ1n) is 6.04. The molecule has 0 atom stereocenters. The second-order valence-electron chi connectivity index (χ2n) is 4.36. The molecule has 0 saturated carbocycles. The Balaban J connectivity index is 1.80. The number of nitrogens with zero attached hydrogens (tertiary/aromatic N) is 2. The average molecular weight is 251 g/mol. The standard InChI is InChI=1S/C15H13N3O/c19-14-3-1-11(2-4-14)9-13-10-15(18-17-13)12-5-7-16-8-6-12/h1-8,10,19H,9H2,(H,17,18). The number of phenolic OH excluding ortho intramolecular Hbond substituents is 1. The van der Waals surface area contributed by atoms with Gasteiger partial charge in [-0.15, -0.1) is 0 Å². The van der Waals surface area contributed by atoms with Crippen molar-refractivity contribution in [3.8, 4) is 17.0 Å². The van der Waals surface area contributed by atoms with Gasteiger partial charge in [-0.05, 0) is 35.9 Å². The Morgan fingerprint density at radius 3 is 2.47 bits per heavy atom. The van der Waals surface area contributed by atoms with Crippen molar-refractivity contribution >= 4 is 0 Å². The van der Waals surface area contributed by atoms with Crippen molar-refractivity contribution in [2.45, 2.75) is 6.42 Å². The van der Waals surface area contributed by atoms with E-state index in [1.165, 1.54) is 0 Å². The lowest BCUT2D eigenvalue weighted by atomic mass is 10.1. The molecule has 0 fully saturated rings. The smallest absolute Gasteiger partial charge is 0.115 e. The minimum atomic E-state index is 0.283. The summed E-state index contributed by atoms with van der Waals surface area (Å²) in [5, 5.41) is 16.6. The molecule has 3 aromatic rings. The Bertz CT molecular complexity index is 659. The van der Waals surface area contributed by atoms with E-state index in [1.807, 2.05) is 30.3 Å². The molecule has 0 bridgehead atoms. The minimum absolute atomic E-state index is 0.283. The molecule has 0 aliphatic carbocycles. The van der Waals surface area contributed by atoms with Crippen molar-refractivity contribution < 1.29 is 5.11 Å². The summed E-state index contributed by atoms with van der Waals surface area (Å²) in [6, 6.07) is 13.1. The first-order valence-corrected chi connectivity index (χ1v) is 6.04. The molecule has 4 heteroatoms. The fourth-order valence-electron chi connectivity index (χ4n) is 1.96. The van der Waals surface area contributed by atoms with Crippen LogP contribution in [0.25, 0.3) is 11.3 Å². The van der Waals surface area contributed by atoms with Crippen LogP contribution in [0.3, 0.4) is 0 Å². The number of benzene rings is 1. The van der Waals surface area contributed by atoms with Crippen LogP contribution in [-0.4, -0.2) is 20.3 Å². The van der Waals surface area contributed by atoms with Crippen molar-refractivity contribution in [3.63, 3.8) is 0 Å². The number of H-pyrrole nitrogens is 1. The van der Waals surface area contributed by atoms with E-state index in [0.717, 1.165) is 28.9 Å². The minimum Gasteiger partial charge on any atom is -0.508 e. The SMILES string of the molecule is Oc1ccc(Cc2cc(-c3ccncc3)n[nH]2)cc1. The lowest BCUT2D eigenvalue weighted by Crippen LogP contribution is -1.87. The second-order valence-corrected chi connectivity index (χ2v) is 4.36. The Kier molecular flexibility index (Phi) is 2.98. The molecule has 0 unspecified atom stereocenters. The van der Waals surface area contributed by atoms with Gasteiger partial charge >= 0.3 is 0 Å². The third-order valence-corrected chi connectivity index (χ3v) is 2.94. The summed E-state index contributed by atoms with van der Waals surface area (Å²) in [4.78, 5) is 3.99. The van der Waals surface area contributed by atoms with E-state index in [-0.39, 0.29) is 5.75 Å². The highest BCUT2D eigenvalue weighted by Crippen LogP contribution is 2.18. The molecule has 4 nitrogen and oxygen atoms in total. The normalized spacial score (nSPS) is 10.5. The highest BCUT2D eigenvalue weighted by atomic mass is 16.3. The van der Waals surface area contributed by atoms with Gasteiger partial charge in [0.05, 0.1) is 5.69 Å². The van der Waals surface area contributed by atoms with Crippen LogP contribution in [0.15, 0.2) is 54.9 Å². The summed E-state index contributed by atoms with van der Waals surface area (Å²) in [5.74, 6) is 0.283.